The molecule has 0 unspecified atom stereocenters. The van der Waals surface area contributed by atoms with Crippen LogP contribution in [0.15, 0.2) is 48.9 Å². The molecular formula is C17H13N5O2. The smallest absolute Gasteiger partial charge is 0.337 e. The molecule has 7 nitrogen and oxygen atoms in total. The van der Waals surface area contributed by atoms with Gasteiger partial charge in [-0.1, -0.05) is 12.1 Å². The molecule has 1 aromatic carbocycles. The minimum absolute atomic E-state index is 0.108. The lowest BCUT2D eigenvalue weighted by Crippen LogP contribution is -2.04. The highest BCUT2D eigenvalue weighted by atomic mass is 16.4. The molecular weight excluding hydrogens is 306 g/mol. The molecule has 2 N–H and O–H groups in total. The zero-order valence-electron chi connectivity index (χ0n) is 12.8. The van der Waals surface area contributed by atoms with Gasteiger partial charge in [0.05, 0.1) is 28.7 Å². The van der Waals surface area contributed by atoms with Crippen molar-refractivity contribution in [3.63, 3.8) is 0 Å². The number of hydrogen-bond donors (Lipinski definition) is 2. The van der Waals surface area contributed by atoms with E-state index in [-0.39, 0.29) is 5.56 Å². The van der Waals surface area contributed by atoms with Gasteiger partial charge in [-0.05, 0) is 25.1 Å². The number of carboxylic acids is 1. The molecule has 7 heteroatoms. The lowest BCUT2D eigenvalue weighted by molar-refractivity contribution is 0.0698. The highest BCUT2D eigenvalue weighted by Gasteiger charge is 2.14. The van der Waals surface area contributed by atoms with E-state index >= 15 is 0 Å². The lowest BCUT2D eigenvalue weighted by atomic mass is 10.2. The minimum atomic E-state index is -1.05. The van der Waals surface area contributed by atoms with Gasteiger partial charge in [0.1, 0.15) is 6.07 Å². The molecule has 0 bridgehead atoms. The van der Waals surface area contributed by atoms with E-state index in [4.69, 9.17) is 0 Å². The van der Waals surface area contributed by atoms with Gasteiger partial charge >= 0.3 is 5.97 Å². The molecule has 2 heterocycles. The molecule has 0 aliphatic heterocycles. The normalized spacial score (nSPS) is 10.2. The van der Waals surface area contributed by atoms with Crippen LogP contribution < -0.4 is 5.32 Å². The molecule has 0 aliphatic carbocycles. The second kappa shape index (κ2) is 6.22. The van der Waals surface area contributed by atoms with E-state index in [9.17, 15) is 15.2 Å². The summed E-state index contributed by atoms with van der Waals surface area (Å²) in [5.74, 6) is -0.551. The second-order valence-corrected chi connectivity index (χ2v) is 5.09. The summed E-state index contributed by atoms with van der Waals surface area (Å²) in [6, 6.07) is 10.7. The Balaban J connectivity index is 1.99. The third-order valence-electron chi connectivity index (χ3n) is 3.47. The first-order valence-corrected chi connectivity index (χ1v) is 7.10. The molecule has 0 spiro atoms. The standard InChI is InChI=1S/C17H13N5O2/c1-11-10-22(15-5-3-2-4-12(15)8-18)21-16(11)20-14-9-19-7-6-13(14)17(23)24/h2-7,9-10H,1H3,(H,20,21)(H,23,24). The van der Waals surface area contributed by atoms with Gasteiger partial charge < -0.3 is 10.4 Å². The van der Waals surface area contributed by atoms with Crippen LogP contribution in [-0.4, -0.2) is 25.8 Å². The summed E-state index contributed by atoms with van der Waals surface area (Å²) in [6.45, 7) is 1.84. The fourth-order valence-corrected chi connectivity index (χ4v) is 2.28. The third kappa shape index (κ3) is 2.80. The summed E-state index contributed by atoms with van der Waals surface area (Å²) in [5.41, 5.74) is 2.42. The van der Waals surface area contributed by atoms with Crippen molar-refractivity contribution >= 4 is 17.5 Å². The Morgan fingerprint density at radius 2 is 2.12 bits per heavy atom. The number of para-hydroxylation sites is 1. The summed E-state index contributed by atoms with van der Waals surface area (Å²) in [4.78, 5) is 15.2. The van der Waals surface area contributed by atoms with Crippen molar-refractivity contribution in [2.45, 2.75) is 6.92 Å². The van der Waals surface area contributed by atoms with Gasteiger partial charge in [-0.15, -0.1) is 5.10 Å². The SMILES string of the molecule is Cc1cn(-c2ccccc2C#N)nc1Nc1cnccc1C(=O)O. The number of carboxylic acid groups (broad SMARTS) is 1. The number of pyridine rings is 1. The van der Waals surface area contributed by atoms with E-state index in [2.05, 4.69) is 21.5 Å². The summed E-state index contributed by atoms with van der Waals surface area (Å²) >= 11 is 0. The van der Waals surface area contributed by atoms with Crippen LogP contribution in [0.2, 0.25) is 0 Å². The van der Waals surface area contributed by atoms with Crippen LogP contribution in [0, 0.1) is 18.3 Å². The van der Waals surface area contributed by atoms with Crippen molar-refractivity contribution in [1.82, 2.24) is 14.8 Å². The highest BCUT2D eigenvalue weighted by Crippen LogP contribution is 2.23. The minimum Gasteiger partial charge on any atom is -0.478 e. The molecule has 2 aromatic heterocycles. The molecule has 0 atom stereocenters. The Hall–Kier alpha value is -3.66. The van der Waals surface area contributed by atoms with E-state index in [1.807, 2.05) is 13.0 Å². The topological polar surface area (TPSA) is 104 Å². The Bertz CT molecular complexity index is 956. The van der Waals surface area contributed by atoms with Crippen molar-refractivity contribution in [3.05, 3.63) is 65.6 Å². The number of hydrogen-bond acceptors (Lipinski definition) is 5. The van der Waals surface area contributed by atoms with Gasteiger partial charge in [0.15, 0.2) is 5.82 Å². The molecule has 0 saturated carbocycles. The quantitative estimate of drug-likeness (QED) is 0.766. The van der Waals surface area contributed by atoms with Crippen molar-refractivity contribution in [1.29, 1.82) is 5.26 Å². The van der Waals surface area contributed by atoms with E-state index < -0.39 is 5.97 Å². The number of aromatic carboxylic acids is 1. The molecule has 3 aromatic rings. The zero-order valence-corrected chi connectivity index (χ0v) is 12.8. The van der Waals surface area contributed by atoms with Gasteiger partial charge in [0.2, 0.25) is 0 Å². The Morgan fingerprint density at radius 3 is 2.88 bits per heavy atom. The number of carbonyl (C=O) groups is 1. The van der Waals surface area contributed by atoms with Crippen molar-refractivity contribution in [3.8, 4) is 11.8 Å². The van der Waals surface area contributed by atoms with Crippen LogP contribution in [0.5, 0.6) is 0 Å². The number of aromatic nitrogens is 3. The van der Waals surface area contributed by atoms with Gasteiger partial charge in [-0.25, -0.2) is 9.48 Å². The average molecular weight is 319 g/mol. The number of nitrogens with one attached hydrogen (secondary N) is 1. The first kappa shape index (κ1) is 15.2. The number of nitrogens with zero attached hydrogens (tertiary/aromatic N) is 4. The van der Waals surface area contributed by atoms with Crippen LogP contribution in [0.25, 0.3) is 5.69 Å². The van der Waals surface area contributed by atoms with Crippen LogP contribution in [0.1, 0.15) is 21.5 Å². The average Bonchev–Trinajstić information content (AvgIpc) is 2.95. The molecule has 0 fully saturated rings. The maximum absolute atomic E-state index is 11.3. The van der Waals surface area contributed by atoms with E-state index in [1.165, 1.54) is 18.5 Å². The largest absolute Gasteiger partial charge is 0.478 e. The molecule has 0 amide bonds. The molecule has 118 valence electrons. The Morgan fingerprint density at radius 1 is 1.33 bits per heavy atom. The first-order chi connectivity index (χ1) is 11.6. The number of aryl methyl sites for hydroxylation is 1. The number of rotatable bonds is 4. The number of nitriles is 1. The summed E-state index contributed by atoms with van der Waals surface area (Å²) in [5, 5.41) is 25.9. The summed E-state index contributed by atoms with van der Waals surface area (Å²) < 4.78 is 1.59. The molecule has 0 aliphatic rings. The predicted molar refractivity (Wildman–Crippen MR) is 87.5 cm³/mol. The molecule has 0 saturated heterocycles. The lowest BCUT2D eigenvalue weighted by Gasteiger charge is -2.07. The van der Waals surface area contributed by atoms with E-state index in [1.54, 1.807) is 29.1 Å². The predicted octanol–water partition coefficient (Wildman–Crippen LogP) is 2.89. The number of anilines is 2. The first-order valence-electron chi connectivity index (χ1n) is 7.10. The van der Waals surface area contributed by atoms with Crippen molar-refractivity contribution in [2.24, 2.45) is 0 Å². The van der Waals surface area contributed by atoms with Crippen molar-refractivity contribution < 1.29 is 9.90 Å². The van der Waals surface area contributed by atoms with Gasteiger partial charge in [-0.3, -0.25) is 4.98 Å². The maximum Gasteiger partial charge on any atom is 0.337 e. The van der Waals surface area contributed by atoms with Crippen LogP contribution >= 0.6 is 0 Å². The Labute approximate surface area is 137 Å². The third-order valence-corrected chi connectivity index (χ3v) is 3.47. The highest BCUT2D eigenvalue weighted by molar-refractivity contribution is 5.94. The fraction of sp³-hybridized carbons (Fsp3) is 0.0588. The van der Waals surface area contributed by atoms with Crippen molar-refractivity contribution in [2.75, 3.05) is 5.32 Å². The number of benzene rings is 1. The Kier molecular flexibility index (Phi) is 3.95. The van der Waals surface area contributed by atoms with Gasteiger partial charge in [0, 0.05) is 18.0 Å². The van der Waals surface area contributed by atoms with Gasteiger partial charge in [-0.2, -0.15) is 5.26 Å². The van der Waals surface area contributed by atoms with E-state index in [0.29, 0.717) is 22.8 Å². The molecule has 24 heavy (non-hydrogen) atoms. The van der Waals surface area contributed by atoms with Crippen LogP contribution in [0.4, 0.5) is 11.5 Å². The summed E-state index contributed by atoms with van der Waals surface area (Å²) in [7, 11) is 0. The van der Waals surface area contributed by atoms with Gasteiger partial charge in [0.25, 0.3) is 0 Å². The van der Waals surface area contributed by atoms with E-state index in [0.717, 1.165) is 5.56 Å². The fourth-order valence-electron chi connectivity index (χ4n) is 2.28. The molecule has 3 rings (SSSR count). The van der Waals surface area contributed by atoms with Crippen LogP contribution in [-0.2, 0) is 0 Å². The second-order valence-electron chi connectivity index (χ2n) is 5.09. The zero-order chi connectivity index (χ0) is 17.1. The molecule has 0 radical (unpaired) electrons. The maximum atomic E-state index is 11.3. The van der Waals surface area contributed by atoms with Crippen LogP contribution in [0.3, 0.4) is 0 Å². The monoisotopic (exact) mass is 319 g/mol. The summed E-state index contributed by atoms with van der Waals surface area (Å²) in [6.07, 6.45) is 4.63.